The van der Waals surface area contributed by atoms with Crippen molar-refractivity contribution in [1.82, 2.24) is 4.98 Å². The number of hydrogen-bond donors (Lipinski definition) is 1. The normalized spacial score (nSPS) is 18.2. The molecular formula is C14H15ClN2OS. The molecule has 19 heavy (non-hydrogen) atoms. The number of aromatic nitrogens is 1. The van der Waals surface area contributed by atoms with Crippen molar-refractivity contribution in [2.24, 2.45) is 5.73 Å². The molecule has 1 heterocycles. The first-order valence-corrected chi connectivity index (χ1v) is 7.48. The maximum atomic E-state index is 6.30. The number of thiazole rings is 1. The third-order valence-corrected chi connectivity index (χ3v) is 4.87. The molecule has 2 aromatic rings. The van der Waals surface area contributed by atoms with Gasteiger partial charge in [-0.15, -0.1) is 11.3 Å². The summed E-state index contributed by atoms with van der Waals surface area (Å²) in [5.74, 6) is 0.757. The lowest BCUT2D eigenvalue weighted by molar-refractivity contribution is 0.416. The van der Waals surface area contributed by atoms with Crippen molar-refractivity contribution in [1.29, 1.82) is 0 Å². The smallest absolute Gasteiger partial charge is 0.130 e. The molecule has 1 aromatic carbocycles. The van der Waals surface area contributed by atoms with Crippen molar-refractivity contribution in [2.45, 2.75) is 25.3 Å². The van der Waals surface area contributed by atoms with Crippen LogP contribution < -0.4 is 10.5 Å². The summed E-state index contributed by atoms with van der Waals surface area (Å²) >= 11 is 7.98. The van der Waals surface area contributed by atoms with Crippen LogP contribution in [0.4, 0.5) is 0 Å². The van der Waals surface area contributed by atoms with Crippen molar-refractivity contribution >= 4 is 22.9 Å². The number of aryl methyl sites for hydroxylation is 1. The molecule has 0 bridgehead atoms. The van der Waals surface area contributed by atoms with Crippen LogP contribution in [0.2, 0.25) is 5.02 Å². The highest BCUT2D eigenvalue weighted by molar-refractivity contribution is 7.15. The summed E-state index contributed by atoms with van der Waals surface area (Å²) in [6, 6.07) is 5.70. The van der Waals surface area contributed by atoms with E-state index in [-0.39, 0.29) is 6.04 Å². The van der Waals surface area contributed by atoms with Crippen molar-refractivity contribution in [3.8, 4) is 16.3 Å². The Morgan fingerprint density at radius 3 is 3.05 bits per heavy atom. The van der Waals surface area contributed by atoms with Gasteiger partial charge in [-0.05, 0) is 31.4 Å². The van der Waals surface area contributed by atoms with Crippen LogP contribution in [0.5, 0.6) is 5.75 Å². The minimum atomic E-state index is 0.0576. The van der Waals surface area contributed by atoms with Gasteiger partial charge in [-0.25, -0.2) is 4.98 Å². The average Bonchev–Trinajstić information content (AvgIpc) is 2.83. The van der Waals surface area contributed by atoms with Gasteiger partial charge in [0.25, 0.3) is 0 Å². The van der Waals surface area contributed by atoms with Crippen molar-refractivity contribution < 1.29 is 4.74 Å². The molecule has 0 aliphatic heterocycles. The van der Waals surface area contributed by atoms with Gasteiger partial charge in [0.15, 0.2) is 0 Å². The van der Waals surface area contributed by atoms with Crippen LogP contribution in [0, 0.1) is 0 Å². The molecular weight excluding hydrogens is 280 g/mol. The van der Waals surface area contributed by atoms with Crippen LogP contribution in [-0.2, 0) is 6.42 Å². The Labute approximate surface area is 121 Å². The van der Waals surface area contributed by atoms with E-state index in [2.05, 4.69) is 0 Å². The molecule has 5 heteroatoms. The molecule has 0 saturated heterocycles. The predicted octanol–water partition coefficient (Wildman–Crippen LogP) is 3.81. The first-order chi connectivity index (χ1) is 9.20. The summed E-state index contributed by atoms with van der Waals surface area (Å²) in [5.41, 5.74) is 8.04. The van der Waals surface area contributed by atoms with Crippen LogP contribution in [0.3, 0.4) is 0 Å². The van der Waals surface area contributed by atoms with E-state index in [1.807, 2.05) is 18.2 Å². The molecule has 2 N–H and O–H groups in total. The largest absolute Gasteiger partial charge is 0.496 e. The zero-order chi connectivity index (χ0) is 13.4. The molecule has 1 aliphatic rings. The van der Waals surface area contributed by atoms with E-state index in [4.69, 9.17) is 27.1 Å². The first-order valence-electron chi connectivity index (χ1n) is 6.28. The molecule has 1 unspecified atom stereocenters. The van der Waals surface area contributed by atoms with E-state index >= 15 is 0 Å². The summed E-state index contributed by atoms with van der Waals surface area (Å²) < 4.78 is 5.39. The van der Waals surface area contributed by atoms with Crippen LogP contribution in [0.15, 0.2) is 18.2 Å². The fraction of sp³-hybridized carbons (Fsp3) is 0.357. The number of methoxy groups -OCH3 is 1. The van der Waals surface area contributed by atoms with Crippen molar-refractivity contribution in [3.05, 3.63) is 33.8 Å². The van der Waals surface area contributed by atoms with Gasteiger partial charge in [0.2, 0.25) is 0 Å². The predicted molar refractivity (Wildman–Crippen MR) is 79.0 cm³/mol. The third kappa shape index (κ3) is 2.24. The van der Waals surface area contributed by atoms with Gasteiger partial charge < -0.3 is 10.5 Å². The second-order valence-corrected chi connectivity index (χ2v) is 6.13. The minimum absolute atomic E-state index is 0.0576. The quantitative estimate of drug-likeness (QED) is 0.916. The summed E-state index contributed by atoms with van der Waals surface area (Å²) in [7, 11) is 1.65. The fourth-order valence-corrected chi connectivity index (χ4v) is 3.99. The number of benzene rings is 1. The minimum Gasteiger partial charge on any atom is -0.496 e. The Kier molecular flexibility index (Phi) is 3.48. The Balaban J connectivity index is 2.13. The number of ether oxygens (including phenoxy) is 1. The first kappa shape index (κ1) is 12.9. The molecule has 0 fully saturated rings. The zero-order valence-corrected chi connectivity index (χ0v) is 12.2. The van der Waals surface area contributed by atoms with E-state index in [0.717, 1.165) is 41.3 Å². The highest BCUT2D eigenvalue weighted by Gasteiger charge is 2.24. The SMILES string of the molecule is COc1cccc(Cl)c1-c1nc2c(s1)CCCC2N. The molecule has 3 rings (SSSR count). The van der Waals surface area contributed by atoms with Crippen LogP contribution >= 0.6 is 22.9 Å². The maximum Gasteiger partial charge on any atom is 0.130 e. The second kappa shape index (κ2) is 5.12. The molecule has 1 atom stereocenters. The van der Waals surface area contributed by atoms with Gasteiger partial charge in [-0.1, -0.05) is 17.7 Å². The van der Waals surface area contributed by atoms with E-state index in [0.29, 0.717) is 5.02 Å². The molecule has 1 aliphatic carbocycles. The Morgan fingerprint density at radius 2 is 2.32 bits per heavy atom. The summed E-state index contributed by atoms with van der Waals surface area (Å²) in [6.45, 7) is 0. The van der Waals surface area contributed by atoms with E-state index in [1.54, 1.807) is 18.4 Å². The molecule has 3 nitrogen and oxygen atoms in total. The Bertz CT molecular complexity index is 611. The number of nitrogens with zero attached hydrogens (tertiary/aromatic N) is 1. The van der Waals surface area contributed by atoms with Crippen LogP contribution in [0.25, 0.3) is 10.6 Å². The molecule has 0 radical (unpaired) electrons. The van der Waals surface area contributed by atoms with Crippen molar-refractivity contribution in [3.63, 3.8) is 0 Å². The zero-order valence-electron chi connectivity index (χ0n) is 10.6. The lowest BCUT2D eigenvalue weighted by atomic mass is 9.99. The van der Waals surface area contributed by atoms with Gasteiger partial charge in [0, 0.05) is 10.9 Å². The molecule has 0 amide bonds. The summed E-state index contributed by atoms with van der Waals surface area (Å²) in [4.78, 5) is 5.99. The molecule has 0 saturated carbocycles. The fourth-order valence-electron chi connectivity index (χ4n) is 2.44. The van der Waals surface area contributed by atoms with Gasteiger partial charge in [-0.3, -0.25) is 0 Å². The lowest BCUT2D eigenvalue weighted by Crippen LogP contribution is -2.16. The number of hydrogen-bond acceptors (Lipinski definition) is 4. The van der Waals surface area contributed by atoms with Gasteiger partial charge in [0.05, 0.1) is 23.4 Å². The monoisotopic (exact) mass is 294 g/mol. The Hall–Kier alpha value is -1.10. The van der Waals surface area contributed by atoms with Crippen LogP contribution in [-0.4, -0.2) is 12.1 Å². The third-order valence-electron chi connectivity index (χ3n) is 3.41. The van der Waals surface area contributed by atoms with E-state index in [1.165, 1.54) is 4.88 Å². The number of nitrogens with two attached hydrogens (primary N) is 1. The summed E-state index contributed by atoms with van der Waals surface area (Å²) in [6.07, 6.45) is 3.21. The average molecular weight is 295 g/mol. The van der Waals surface area contributed by atoms with E-state index < -0.39 is 0 Å². The van der Waals surface area contributed by atoms with Crippen LogP contribution in [0.1, 0.15) is 29.5 Å². The molecule has 100 valence electrons. The van der Waals surface area contributed by atoms with E-state index in [9.17, 15) is 0 Å². The second-order valence-electron chi connectivity index (χ2n) is 4.64. The van der Waals surface area contributed by atoms with Crippen molar-refractivity contribution in [2.75, 3.05) is 7.11 Å². The highest BCUT2D eigenvalue weighted by atomic mass is 35.5. The standard InChI is InChI=1S/C14H15ClN2OS/c1-18-10-6-2-4-8(15)12(10)14-17-13-9(16)5-3-7-11(13)19-14/h2,4,6,9H,3,5,7,16H2,1H3. The highest BCUT2D eigenvalue weighted by Crippen LogP contribution is 2.42. The van der Waals surface area contributed by atoms with Gasteiger partial charge in [0.1, 0.15) is 10.8 Å². The van der Waals surface area contributed by atoms with Gasteiger partial charge >= 0.3 is 0 Å². The van der Waals surface area contributed by atoms with Gasteiger partial charge in [-0.2, -0.15) is 0 Å². The maximum absolute atomic E-state index is 6.30. The summed E-state index contributed by atoms with van der Waals surface area (Å²) in [5, 5.41) is 1.57. The Morgan fingerprint density at radius 1 is 1.47 bits per heavy atom. The molecule has 0 spiro atoms. The number of fused-ring (bicyclic) bond motifs is 1. The lowest BCUT2D eigenvalue weighted by Gasteiger charge is -2.15. The molecule has 1 aromatic heterocycles. The number of halogens is 1. The topological polar surface area (TPSA) is 48.1 Å². The number of rotatable bonds is 2.